The highest BCUT2D eigenvalue weighted by molar-refractivity contribution is 5.95. The number of hydrogen-bond acceptors (Lipinski definition) is 4. The first kappa shape index (κ1) is 22.6. The number of halogens is 1. The Hall–Kier alpha value is -3.58. The molecule has 0 spiro atoms. The summed E-state index contributed by atoms with van der Waals surface area (Å²) in [4.78, 5) is 16.7. The summed E-state index contributed by atoms with van der Waals surface area (Å²) >= 11 is 0. The van der Waals surface area contributed by atoms with E-state index in [1.54, 1.807) is 41.1 Å². The molecule has 0 aromatic heterocycles. The Bertz CT molecular complexity index is 1110. The van der Waals surface area contributed by atoms with Gasteiger partial charge in [0.1, 0.15) is 17.3 Å². The van der Waals surface area contributed by atoms with Crippen molar-refractivity contribution in [2.75, 3.05) is 19.1 Å². The maximum absolute atomic E-state index is 13.3. The molecule has 1 aliphatic heterocycles. The lowest BCUT2D eigenvalue weighted by Gasteiger charge is -2.29. The molecule has 0 saturated carbocycles. The van der Waals surface area contributed by atoms with E-state index in [0.29, 0.717) is 29.7 Å². The normalized spacial score (nSPS) is 19.1. The number of benzene rings is 3. The summed E-state index contributed by atoms with van der Waals surface area (Å²) in [5.41, 5.74) is 1.93. The molecule has 3 atom stereocenters. The molecule has 6 nitrogen and oxygen atoms in total. The van der Waals surface area contributed by atoms with E-state index in [2.05, 4.69) is 0 Å². The van der Waals surface area contributed by atoms with Crippen LogP contribution in [-0.4, -0.2) is 41.3 Å². The number of carbonyl (C=O) groups excluding carboxylic acids is 1. The van der Waals surface area contributed by atoms with Crippen LogP contribution in [0.1, 0.15) is 36.1 Å². The topological polar surface area (TPSA) is 73.2 Å². The highest BCUT2D eigenvalue weighted by atomic mass is 19.1. The number of methoxy groups -OCH3 is 1. The minimum absolute atomic E-state index is 0.0347. The van der Waals surface area contributed by atoms with E-state index in [1.807, 2.05) is 30.3 Å². The third-order valence-corrected chi connectivity index (χ3v) is 6.23. The second-order valence-corrected chi connectivity index (χ2v) is 8.18. The van der Waals surface area contributed by atoms with Gasteiger partial charge in [-0.3, -0.25) is 4.90 Å². The molecular formula is C26H27FN2O4. The fraction of sp³-hybridized carbons (Fsp3) is 0.269. The number of ether oxygens (including phenoxy) is 1. The summed E-state index contributed by atoms with van der Waals surface area (Å²) in [7, 11) is 3.25. The number of rotatable bonds is 7. The van der Waals surface area contributed by atoms with Gasteiger partial charge < -0.3 is 19.8 Å². The van der Waals surface area contributed by atoms with Crippen molar-refractivity contribution in [3.8, 4) is 11.5 Å². The molecule has 1 saturated heterocycles. The molecule has 0 bridgehead atoms. The molecule has 2 N–H and O–H groups in total. The van der Waals surface area contributed by atoms with Gasteiger partial charge in [-0.15, -0.1) is 0 Å². The number of anilines is 1. The molecule has 3 aromatic rings. The van der Waals surface area contributed by atoms with Crippen molar-refractivity contribution in [3.05, 3.63) is 89.7 Å². The summed E-state index contributed by atoms with van der Waals surface area (Å²) in [6, 6.07) is 19.2. The van der Waals surface area contributed by atoms with Gasteiger partial charge in [-0.2, -0.15) is 0 Å². The number of amides is 2. The molecule has 7 heteroatoms. The van der Waals surface area contributed by atoms with Gasteiger partial charge in [0.25, 0.3) is 0 Å². The van der Waals surface area contributed by atoms with E-state index in [0.717, 1.165) is 5.69 Å². The lowest BCUT2D eigenvalue weighted by atomic mass is 9.92. The lowest BCUT2D eigenvalue weighted by molar-refractivity contribution is 0.148. The first-order valence-corrected chi connectivity index (χ1v) is 10.8. The molecule has 1 heterocycles. The Morgan fingerprint density at radius 2 is 1.76 bits per heavy atom. The fourth-order valence-electron chi connectivity index (χ4n) is 4.45. The van der Waals surface area contributed by atoms with Crippen molar-refractivity contribution in [3.63, 3.8) is 0 Å². The minimum Gasteiger partial charge on any atom is -0.507 e. The zero-order chi connectivity index (χ0) is 23.5. The molecular weight excluding hydrogens is 423 g/mol. The zero-order valence-corrected chi connectivity index (χ0v) is 18.6. The summed E-state index contributed by atoms with van der Waals surface area (Å²) in [5, 5.41) is 21.5. The van der Waals surface area contributed by atoms with Crippen LogP contribution in [0.2, 0.25) is 0 Å². The predicted octanol–water partition coefficient (Wildman–Crippen LogP) is 5.04. The van der Waals surface area contributed by atoms with Crippen LogP contribution < -0.4 is 9.64 Å². The van der Waals surface area contributed by atoms with Crippen LogP contribution in [0.25, 0.3) is 0 Å². The number of para-hydroxylation sites is 1. The maximum atomic E-state index is 13.3. The molecule has 1 aliphatic rings. The number of likely N-dealkylation sites (N-methyl/N-ethyl adjacent to an activating group) is 1. The lowest BCUT2D eigenvalue weighted by Crippen LogP contribution is -2.31. The smallest absolute Gasteiger partial charge is 0.325 e. The molecule has 0 aliphatic carbocycles. The monoisotopic (exact) mass is 450 g/mol. The number of nitrogens with zero attached hydrogens (tertiary/aromatic N) is 2. The van der Waals surface area contributed by atoms with Gasteiger partial charge >= 0.3 is 6.03 Å². The van der Waals surface area contributed by atoms with Crippen LogP contribution in [0.3, 0.4) is 0 Å². The van der Waals surface area contributed by atoms with Crippen LogP contribution in [0.15, 0.2) is 72.8 Å². The van der Waals surface area contributed by atoms with Crippen LogP contribution in [0.4, 0.5) is 14.9 Å². The van der Waals surface area contributed by atoms with E-state index in [4.69, 9.17) is 4.74 Å². The minimum atomic E-state index is -0.801. The molecule has 0 radical (unpaired) electrons. The van der Waals surface area contributed by atoms with Crippen molar-refractivity contribution in [2.24, 2.45) is 0 Å². The highest BCUT2D eigenvalue weighted by Crippen LogP contribution is 2.44. The maximum Gasteiger partial charge on any atom is 0.325 e. The predicted molar refractivity (Wildman–Crippen MR) is 124 cm³/mol. The summed E-state index contributed by atoms with van der Waals surface area (Å²) in [5.74, 6) is 0.191. The van der Waals surface area contributed by atoms with Gasteiger partial charge in [-0.1, -0.05) is 30.3 Å². The Balaban J connectivity index is 1.67. The Labute approximate surface area is 192 Å². The van der Waals surface area contributed by atoms with E-state index in [-0.39, 0.29) is 23.6 Å². The molecule has 1 fully saturated rings. The van der Waals surface area contributed by atoms with Crippen LogP contribution in [0, 0.1) is 5.82 Å². The SMILES string of the molecule is COc1ccc(C2C(CCC(O)c3ccc(F)cc3)N(C)C(=O)N2c2ccccc2)c(O)c1. The number of aliphatic hydroxyl groups is 1. The second-order valence-electron chi connectivity index (χ2n) is 8.18. The van der Waals surface area contributed by atoms with Gasteiger partial charge in [0.15, 0.2) is 0 Å². The van der Waals surface area contributed by atoms with E-state index in [9.17, 15) is 19.4 Å². The number of aliphatic hydroxyl groups excluding tert-OH is 1. The highest BCUT2D eigenvalue weighted by Gasteiger charge is 2.46. The van der Waals surface area contributed by atoms with E-state index >= 15 is 0 Å². The Kier molecular flexibility index (Phi) is 6.51. The Morgan fingerprint density at radius 1 is 1.06 bits per heavy atom. The molecule has 33 heavy (non-hydrogen) atoms. The van der Waals surface area contributed by atoms with Gasteiger partial charge in [0.05, 0.1) is 25.3 Å². The van der Waals surface area contributed by atoms with Crippen LogP contribution in [0.5, 0.6) is 11.5 Å². The van der Waals surface area contributed by atoms with Crippen molar-refractivity contribution in [2.45, 2.75) is 31.0 Å². The number of carbonyl (C=O) groups is 1. The van der Waals surface area contributed by atoms with E-state index < -0.39 is 12.1 Å². The first-order chi connectivity index (χ1) is 15.9. The summed E-state index contributed by atoms with van der Waals surface area (Å²) < 4.78 is 18.5. The van der Waals surface area contributed by atoms with Crippen molar-refractivity contribution in [1.82, 2.24) is 4.90 Å². The third-order valence-electron chi connectivity index (χ3n) is 6.23. The van der Waals surface area contributed by atoms with Crippen molar-refractivity contribution in [1.29, 1.82) is 0 Å². The first-order valence-electron chi connectivity index (χ1n) is 10.8. The third kappa shape index (κ3) is 4.50. The standard InChI is InChI=1S/C26H27FN2O4/c1-28-22(14-15-23(30)17-8-10-18(27)11-9-17)25(21-13-12-20(33-2)16-24(21)31)29(26(28)32)19-6-4-3-5-7-19/h3-13,16,22-23,25,30-31H,14-15H2,1-2H3. The van der Waals surface area contributed by atoms with Gasteiger partial charge in [-0.05, 0) is 54.8 Å². The van der Waals surface area contributed by atoms with Crippen molar-refractivity contribution >= 4 is 11.7 Å². The number of urea groups is 1. The summed E-state index contributed by atoms with van der Waals surface area (Å²) in [6.45, 7) is 0. The number of phenols is 1. The molecule has 3 unspecified atom stereocenters. The Morgan fingerprint density at radius 3 is 2.39 bits per heavy atom. The van der Waals surface area contributed by atoms with Gasteiger partial charge in [0.2, 0.25) is 0 Å². The second kappa shape index (κ2) is 9.50. The fourth-order valence-corrected chi connectivity index (χ4v) is 4.45. The molecule has 172 valence electrons. The summed E-state index contributed by atoms with van der Waals surface area (Å²) in [6.07, 6.45) is 0.0366. The van der Waals surface area contributed by atoms with Gasteiger partial charge in [0, 0.05) is 24.4 Å². The van der Waals surface area contributed by atoms with Gasteiger partial charge in [-0.25, -0.2) is 9.18 Å². The van der Waals surface area contributed by atoms with Crippen molar-refractivity contribution < 1.29 is 24.1 Å². The number of phenolic OH excluding ortho intramolecular Hbond substituents is 1. The number of hydrogen-bond donors (Lipinski definition) is 2. The van der Waals surface area contributed by atoms with E-state index in [1.165, 1.54) is 25.3 Å². The number of aromatic hydroxyl groups is 1. The zero-order valence-electron chi connectivity index (χ0n) is 18.6. The average molecular weight is 451 g/mol. The quantitative estimate of drug-likeness (QED) is 0.529. The molecule has 3 aromatic carbocycles. The largest absolute Gasteiger partial charge is 0.507 e. The van der Waals surface area contributed by atoms with Crippen LogP contribution >= 0.6 is 0 Å². The average Bonchev–Trinajstić information content (AvgIpc) is 3.08. The van der Waals surface area contributed by atoms with Crippen LogP contribution in [-0.2, 0) is 0 Å². The molecule has 2 amide bonds. The molecule has 4 rings (SSSR count).